The molecule has 0 aliphatic carbocycles. The number of benzene rings is 1. The van der Waals surface area contributed by atoms with Gasteiger partial charge in [-0.1, -0.05) is 0 Å². The standard InChI is InChI=1S/C21H22N4O3S/c26-19(22-10-9-17-14-29-21(24-17)25-11-1-2-12-25)15-5-7-16(8-6-15)23-20(27)18-4-3-13-28-18/h3-8,13-14H,1-2,9-12H2,(H,22,26)(H,23,27). The summed E-state index contributed by atoms with van der Waals surface area (Å²) in [6.45, 7) is 2.70. The lowest BCUT2D eigenvalue weighted by Crippen LogP contribution is -2.25. The Morgan fingerprint density at radius 2 is 1.90 bits per heavy atom. The van der Waals surface area contributed by atoms with Crippen molar-refractivity contribution in [3.05, 3.63) is 65.1 Å². The Morgan fingerprint density at radius 1 is 1.10 bits per heavy atom. The average molecular weight is 410 g/mol. The van der Waals surface area contributed by atoms with Crippen molar-refractivity contribution in [2.75, 3.05) is 29.9 Å². The number of hydrogen-bond acceptors (Lipinski definition) is 6. The van der Waals surface area contributed by atoms with E-state index in [9.17, 15) is 9.59 Å². The van der Waals surface area contributed by atoms with Crippen molar-refractivity contribution in [3.8, 4) is 0 Å². The van der Waals surface area contributed by atoms with E-state index < -0.39 is 0 Å². The minimum absolute atomic E-state index is 0.149. The Hall–Kier alpha value is -3.13. The molecule has 3 aromatic rings. The molecule has 1 aromatic carbocycles. The van der Waals surface area contributed by atoms with E-state index in [4.69, 9.17) is 4.42 Å². The number of amides is 2. The third-order valence-electron chi connectivity index (χ3n) is 4.73. The fourth-order valence-electron chi connectivity index (χ4n) is 3.18. The normalized spacial score (nSPS) is 13.4. The zero-order valence-corrected chi connectivity index (χ0v) is 16.7. The second-order valence-electron chi connectivity index (χ2n) is 6.83. The Kier molecular flexibility index (Phi) is 5.90. The molecule has 0 radical (unpaired) electrons. The smallest absolute Gasteiger partial charge is 0.291 e. The summed E-state index contributed by atoms with van der Waals surface area (Å²) in [6, 6.07) is 9.99. The van der Waals surface area contributed by atoms with E-state index in [1.165, 1.54) is 19.1 Å². The van der Waals surface area contributed by atoms with Gasteiger partial charge in [0.15, 0.2) is 10.9 Å². The molecule has 7 nitrogen and oxygen atoms in total. The summed E-state index contributed by atoms with van der Waals surface area (Å²) in [5.74, 6) is -0.241. The third-order valence-corrected chi connectivity index (χ3v) is 5.68. The lowest BCUT2D eigenvalue weighted by Gasteiger charge is -2.12. The van der Waals surface area contributed by atoms with Gasteiger partial charge in [-0.05, 0) is 49.2 Å². The van der Waals surface area contributed by atoms with Gasteiger partial charge in [-0.25, -0.2) is 4.98 Å². The second-order valence-corrected chi connectivity index (χ2v) is 7.67. The van der Waals surface area contributed by atoms with Crippen LogP contribution in [0.5, 0.6) is 0 Å². The molecule has 0 unspecified atom stereocenters. The number of nitrogens with zero attached hydrogens (tertiary/aromatic N) is 2. The van der Waals surface area contributed by atoms with Crippen molar-refractivity contribution in [3.63, 3.8) is 0 Å². The maximum Gasteiger partial charge on any atom is 0.291 e. The average Bonchev–Trinajstić information content (AvgIpc) is 3.50. The maximum absolute atomic E-state index is 12.3. The highest BCUT2D eigenvalue weighted by Gasteiger charge is 2.15. The van der Waals surface area contributed by atoms with E-state index in [1.807, 2.05) is 0 Å². The van der Waals surface area contributed by atoms with Crippen LogP contribution in [0.3, 0.4) is 0 Å². The van der Waals surface area contributed by atoms with Crippen molar-refractivity contribution in [2.24, 2.45) is 0 Å². The van der Waals surface area contributed by atoms with E-state index >= 15 is 0 Å². The Bertz CT molecular complexity index is 960. The van der Waals surface area contributed by atoms with Crippen LogP contribution in [-0.2, 0) is 6.42 Å². The van der Waals surface area contributed by atoms with Crippen LogP contribution in [-0.4, -0.2) is 36.4 Å². The summed E-state index contributed by atoms with van der Waals surface area (Å²) < 4.78 is 5.06. The number of nitrogens with one attached hydrogen (secondary N) is 2. The monoisotopic (exact) mass is 410 g/mol. The predicted molar refractivity (Wildman–Crippen MR) is 113 cm³/mol. The van der Waals surface area contributed by atoms with Gasteiger partial charge in [-0.3, -0.25) is 9.59 Å². The molecule has 4 rings (SSSR count). The molecule has 2 N–H and O–H groups in total. The van der Waals surface area contributed by atoms with Crippen molar-refractivity contribution >= 4 is 34.0 Å². The summed E-state index contributed by atoms with van der Waals surface area (Å²) in [7, 11) is 0. The van der Waals surface area contributed by atoms with Crippen LogP contribution < -0.4 is 15.5 Å². The molecule has 1 fully saturated rings. The largest absolute Gasteiger partial charge is 0.459 e. The molecule has 1 aliphatic rings. The highest BCUT2D eigenvalue weighted by Crippen LogP contribution is 2.24. The van der Waals surface area contributed by atoms with E-state index in [2.05, 4.69) is 25.9 Å². The van der Waals surface area contributed by atoms with Crippen LogP contribution in [0.15, 0.2) is 52.5 Å². The molecule has 0 atom stereocenters. The summed E-state index contributed by atoms with van der Waals surface area (Å²) >= 11 is 1.67. The van der Waals surface area contributed by atoms with Gasteiger partial charge in [-0.15, -0.1) is 11.3 Å². The first kappa shape index (κ1) is 19.2. The van der Waals surface area contributed by atoms with Gasteiger partial charge in [0.25, 0.3) is 11.8 Å². The minimum Gasteiger partial charge on any atom is -0.459 e. The van der Waals surface area contributed by atoms with Crippen molar-refractivity contribution < 1.29 is 14.0 Å². The number of aromatic nitrogens is 1. The molecule has 2 aromatic heterocycles. The van der Waals surface area contributed by atoms with Crippen molar-refractivity contribution in [2.45, 2.75) is 19.3 Å². The molecule has 150 valence electrons. The highest BCUT2D eigenvalue weighted by atomic mass is 32.1. The fraction of sp³-hybridized carbons (Fsp3) is 0.286. The molecule has 0 bridgehead atoms. The van der Waals surface area contributed by atoms with Crippen LogP contribution in [0.2, 0.25) is 0 Å². The molecular weight excluding hydrogens is 388 g/mol. The van der Waals surface area contributed by atoms with E-state index in [-0.39, 0.29) is 17.6 Å². The van der Waals surface area contributed by atoms with Gasteiger partial charge < -0.3 is 20.0 Å². The first-order valence-electron chi connectivity index (χ1n) is 9.61. The molecule has 2 amide bonds. The quantitative estimate of drug-likeness (QED) is 0.622. The lowest BCUT2D eigenvalue weighted by atomic mass is 10.2. The minimum atomic E-state index is -0.330. The summed E-state index contributed by atoms with van der Waals surface area (Å²) in [4.78, 5) is 31.3. The zero-order valence-electron chi connectivity index (χ0n) is 15.9. The highest BCUT2D eigenvalue weighted by molar-refractivity contribution is 7.13. The van der Waals surface area contributed by atoms with Crippen molar-refractivity contribution in [1.82, 2.24) is 10.3 Å². The zero-order chi connectivity index (χ0) is 20.1. The number of anilines is 2. The molecular formula is C21H22N4O3S. The van der Waals surface area contributed by atoms with Crippen LogP contribution in [0.4, 0.5) is 10.8 Å². The van der Waals surface area contributed by atoms with Gasteiger partial charge in [0.05, 0.1) is 12.0 Å². The molecule has 29 heavy (non-hydrogen) atoms. The topological polar surface area (TPSA) is 87.5 Å². The number of thiazole rings is 1. The van der Waals surface area contributed by atoms with Crippen molar-refractivity contribution in [1.29, 1.82) is 0 Å². The van der Waals surface area contributed by atoms with Gasteiger partial charge in [0.1, 0.15) is 0 Å². The van der Waals surface area contributed by atoms with Crippen LogP contribution in [0.25, 0.3) is 0 Å². The van der Waals surface area contributed by atoms with Crippen LogP contribution in [0.1, 0.15) is 39.4 Å². The number of carbonyl (C=O) groups is 2. The van der Waals surface area contributed by atoms with Gasteiger partial charge >= 0.3 is 0 Å². The van der Waals surface area contributed by atoms with Crippen LogP contribution >= 0.6 is 11.3 Å². The molecule has 0 saturated carbocycles. The van der Waals surface area contributed by atoms with E-state index in [0.29, 0.717) is 24.2 Å². The van der Waals surface area contributed by atoms with Gasteiger partial charge in [-0.2, -0.15) is 0 Å². The summed E-state index contributed by atoms with van der Waals surface area (Å²) in [5.41, 5.74) is 2.14. The first-order valence-corrected chi connectivity index (χ1v) is 10.5. The predicted octanol–water partition coefficient (Wildman–Crippen LogP) is 3.56. The summed E-state index contributed by atoms with van der Waals surface area (Å²) in [6.07, 6.45) is 4.61. The molecule has 1 aliphatic heterocycles. The Morgan fingerprint density at radius 3 is 2.62 bits per heavy atom. The number of furan rings is 1. The Labute approximate surface area is 172 Å². The lowest BCUT2D eigenvalue weighted by molar-refractivity contribution is 0.0953. The SMILES string of the molecule is O=C(NCCc1csc(N2CCCC2)n1)c1ccc(NC(=O)c2ccco2)cc1. The number of carbonyl (C=O) groups excluding carboxylic acids is 2. The van der Waals surface area contributed by atoms with Gasteiger partial charge in [0, 0.05) is 42.7 Å². The number of hydrogen-bond donors (Lipinski definition) is 2. The third kappa shape index (κ3) is 4.83. The Balaban J connectivity index is 1.25. The van der Waals surface area contributed by atoms with Gasteiger partial charge in [0.2, 0.25) is 0 Å². The molecule has 8 heteroatoms. The van der Waals surface area contributed by atoms with E-state index in [0.717, 1.165) is 23.9 Å². The van der Waals surface area contributed by atoms with E-state index in [1.54, 1.807) is 47.7 Å². The van der Waals surface area contributed by atoms with Crippen LogP contribution in [0, 0.1) is 0 Å². The molecule has 3 heterocycles. The second kappa shape index (κ2) is 8.91. The number of rotatable bonds is 7. The maximum atomic E-state index is 12.3. The first-order chi connectivity index (χ1) is 14.2. The molecule has 0 spiro atoms. The fourth-order valence-corrected chi connectivity index (χ4v) is 4.09. The summed E-state index contributed by atoms with van der Waals surface area (Å²) in [5, 5.41) is 8.79. The molecule has 1 saturated heterocycles.